The van der Waals surface area contributed by atoms with Gasteiger partial charge in [-0.15, -0.1) is 5.10 Å². The normalized spacial score (nSPS) is 28.5. The van der Waals surface area contributed by atoms with Gasteiger partial charge in [0.2, 0.25) is 5.82 Å². The van der Waals surface area contributed by atoms with E-state index in [9.17, 15) is 4.79 Å². The molecule has 1 aromatic rings. The van der Waals surface area contributed by atoms with E-state index in [1.54, 1.807) is 11.9 Å². The van der Waals surface area contributed by atoms with Gasteiger partial charge in [-0.25, -0.2) is 4.98 Å². The topological polar surface area (TPSA) is 72.7 Å². The molecule has 2 aliphatic rings. The summed E-state index contributed by atoms with van der Waals surface area (Å²) in [6.07, 6.45) is 3.63. The lowest BCUT2D eigenvalue weighted by molar-refractivity contribution is -0.0878. The van der Waals surface area contributed by atoms with Crippen molar-refractivity contribution >= 4 is 5.91 Å². The van der Waals surface area contributed by atoms with Crippen LogP contribution in [0.1, 0.15) is 23.5 Å². The molecule has 0 bridgehead atoms. The third-order valence-corrected chi connectivity index (χ3v) is 4.34. The summed E-state index contributed by atoms with van der Waals surface area (Å²) < 4.78 is 13.6. The van der Waals surface area contributed by atoms with Crippen LogP contribution in [0.25, 0.3) is 0 Å². The van der Waals surface area contributed by atoms with E-state index in [4.69, 9.17) is 9.47 Å². The molecule has 3 rings (SSSR count). The smallest absolute Gasteiger partial charge is 0.293 e. The minimum Gasteiger partial charge on any atom is -0.377 e. The van der Waals surface area contributed by atoms with Crippen molar-refractivity contribution in [3.63, 3.8) is 0 Å². The fraction of sp³-hybridized carbons (Fsp3) is 0.800. The fourth-order valence-corrected chi connectivity index (χ4v) is 3.31. The lowest BCUT2D eigenvalue weighted by Gasteiger charge is -2.31. The lowest BCUT2D eigenvalue weighted by Crippen LogP contribution is -2.47. The van der Waals surface area contributed by atoms with Crippen LogP contribution >= 0.6 is 0 Å². The second kappa shape index (κ2) is 6.54. The number of carbonyl (C=O) groups is 1. The van der Waals surface area contributed by atoms with Crippen LogP contribution in [0.3, 0.4) is 0 Å². The SMILES string of the molecule is CN(C)CC1CC[C@]2(COCCN(C(=O)c3ncn(C)n3)C2)O1. The van der Waals surface area contributed by atoms with Gasteiger partial charge in [0.1, 0.15) is 11.9 Å². The zero-order chi connectivity index (χ0) is 16.4. The van der Waals surface area contributed by atoms with E-state index in [0.717, 1.165) is 19.4 Å². The van der Waals surface area contributed by atoms with Gasteiger partial charge < -0.3 is 19.3 Å². The summed E-state index contributed by atoms with van der Waals surface area (Å²) in [5.74, 6) is 0.0718. The molecular formula is C15H25N5O3. The number of likely N-dealkylation sites (N-methyl/N-ethyl adjacent to an activating group) is 1. The van der Waals surface area contributed by atoms with Crippen LogP contribution in [0.2, 0.25) is 0 Å². The van der Waals surface area contributed by atoms with E-state index in [2.05, 4.69) is 15.0 Å². The zero-order valence-electron chi connectivity index (χ0n) is 14.1. The Morgan fingerprint density at radius 1 is 1.52 bits per heavy atom. The van der Waals surface area contributed by atoms with E-state index in [1.165, 1.54) is 11.0 Å². The number of aromatic nitrogens is 3. The minimum absolute atomic E-state index is 0.157. The number of aryl methyl sites for hydroxylation is 1. The maximum absolute atomic E-state index is 12.6. The van der Waals surface area contributed by atoms with Gasteiger partial charge >= 0.3 is 0 Å². The molecule has 8 heteroatoms. The van der Waals surface area contributed by atoms with Crippen LogP contribution in [-0.4, -0.2) is 89.1 Å². The summed E-state index contributed by atoms with van der Waals surface area (Å²) in [6.45, 7) is 3.02. The number of rotatable bonds is 3. The summed E-state index contributed by atoms with van der Waals surface area (Å²) in [5.41, 5.74) is -0.401. The first-order valence-corrected chi connectivity index (χ1v) is 8.03. The van der Waals surface area contributed by atoms with Gasteiger partial charge in [0.15, 0.2) is 0 Å². The number of hydrogen-bond acceptors (Lipinski definition) is 6. The van der Waals surface area contributed by atoms with Crippen LogP contribution in [0.4, 0.5) is 0 Å². The Hall–Kier alpha value is -1.51. The molecule has 23 heavy (non-hydrogen) atoms. The Morgan fingerprint density at radius 3 is 3.04 bits per heavy atom. The van der Waals surface area contributed by atoms with Crippen LogP contribution in [-0.2, 0) is 16.5 Å². The number of hydrogen-bond donors (Lipinski definition) is 0. The highest BCUT2D eigenvalue weighted by Gasteiger charge is 2.44. The molecule has 2 aliphatic heterocycles. The standard InChI is InChI=1S/C15H25N5O3/c1-18(2)8-12-4-5-15(23-12)9-20(6-7-22-10-15)14(21)13-16-11-19(3)17-13/h11-12H,4-10H2,1-3H3/t12?,15-/m0/s1. The van der Waals surface area contributed by atoms with Crippen LogP contribution in [0.15, 0.2) is 6.33 Å². The van der Waals surface area contributed by atoms with Crippen molar-refractivity contribution in [3.05, 3.63) is 12.2 Å². The summed E-state index contributed by atoms with van der Waals surface area (Å²) in [7, 11) is 5.84. The highest BCUT2D eigenvalue weighted by Crippen LogP contribution is 2.33. The van der Waals surface area contributed by atoms with Crippen molar-refractivity contribution in [2.75, 3.05) is 46.9 Å². The number of amides is 1. The maximum atomic E-state index is 12.6. The third-order valence-electron chi connectivity index (χ3n) is 4.34. The van der Waals surface area contributed by atoms with Gasteiger partial charge in [-0.2, -0.15) is 0 Å². The lowest BCUT2D eigenvalue weighted by atomic mass is 10.00. The van der Waals surface area contributed by atoms with E-state index in [0.29, 0.717) is 26.3 Å². The molecule has 0 N–H and O–H groups in total. The Morgan fingerprint density at radius 2 is 2.35 bits per heavy atom. The van der Waals surface area contributed by atoms with Crippen molar-refractivity contribution in [2.24, 2.45) is 7.05 Å². The molecule has 1 amide bonds. The summed E-state index contributed by atoms with van der Waals surface area (Å²) in [6, 6.07) is 0. The Labute approximate surface area is 136 Å². The van der Waals surface area contributed by atoms with Crippen molar-refractivity contribution in [2.45, 2.75) is 24.5 Å². The number of carbonyl (C=O) groups excluding carboxylic acids is 1. The molecule has 0 saturated carbocycles. The van der Waals surface area contributed by atoms with E-state index in [1.807, 2.05) is 14.1 Å². The minimum atomic E-state index is -0.401. The average molecular weight is 323 g/mol. The van der Waals surface area contributed by atoms with Gasteiger partial charge in [0.25, 0.3) is 5.91 Å². The molecule has 1 unspecified atom stereocenters. The van der Waals surface area contributed by atoms with Crippen molar-refractivity contribution in [3.8, 4) is 0 Å². The zero-order valence-corrected chi connectivity index (χ0v) is 14.1. The highest BCUT2D eigenvalue weighted by molar-refractivity contribution is 5.90. The van der Waals surface area contributed by atoms with Gasteiger partial charge in [-0.05, 0) is 26.9 Å². The van der Waals surface area contributed by atoms with Crippen molar-refractivity contribution < 1.29 is 14.3 Å². The van der Waals surface area contributed by atoms with E-state index in [-0.39, 0.29) is 17.8 Å². The average Bonchev–Trinajstić information content (AvgIpc) is 3.01. The Kier molecular flexibility index (Phi) is 4.65. The molecule has 3 heterocycles. The molecule has 8 nitrogen and oxygen atoms in total. The first-order chi connectivity index (χ1) is 11.0. The number of ether oxygens (including phenoxy) is 2. The van der Waals surface area contributed by atoms with Crippen LogP contribution < -0.4 is 0 Å². The molecule has 1 spiro atoms. The largest absolute Gasteiger partial charge is 0.377 e. The molecule has 2 fully saturated rings. The van der Waals surface area contributed by atoms with Crippen LogP contribution in [0.5, 0.6) is 0 Å². The quantitative estimate of drug-likeness (QED) is 0.765. The van der Waals surface area contributed by atoms with Gasteiger partial charge in [0.05, 0.1) is 25.9 Å². The van der Waals surface area contributed by atoms with E-state index < -0.39 is 5.60 Å². The summed E-state index contributed by atoms with van der Waals surface area (Å²) in [4.78, 5) is 20.6. The first-order valence-electron chi connectivity index (χ1n) is 8.03. The molecule has 0 aliphatic carbocycles. The maximum Gasteiger partial charge on any atom is 0.293 e. The summed E-state index contributed by atoms with van der Waals surface area (Å²) in [5, 5.41) is 4.11. The molecular weight excluding hydrogens is 298 g/mol. The highest BCUT2D eigenvalue weighted by atomic mass is 16.6. The van der Waals surface area contributed by atoms with E-state index >= 15 is 0 Å². The Bertz CT molecular complexity index is 561. The molecule has 128 valence electrons. The molecule has 1 aromatic heterocycles. The van der Waals surface area contributed by atoms with Gasteiger partial charge in [-0.1, -0.05) is 0 Å². The van der Waals surface area contributed by atoms with Crippen molar-refractivity contribution in [1.29, 1.82) is 0 Å². The fourth-order valence-electron chi connectivity index (χ4n) is 3.31. The predicted molar refractivity (Wildman–Crippen MR) is 83.1 cm³/mol. The summed E-state index contributed by atoms with van der Waals surface area (Å²) >= 11 is 0. The third kappa shape index (κ3) is 3.70. The van der Waals surface area contributed by atoms with Crippen molar-refractivity contribution in [1.82, 2.24) is 24.6 Å². The predicted octanol–water partition coefficient (Wildman–Crippen LogP) is -0.233. The first kappa shape index (κ1) is 16.4. The number of nitrogens with zero attached hydrogens (tertiary/aromatic N) is 5. The Balaban J connectivity index is 1.70. The molecule has 2 atom stereocenters. The molecule has 0 radical (unpaired) electrons. The van der Waals surface area contributed by atoms with Gasteiger partial charge in [-0.3, -0.25) is 9.48 Å². The second-order valence-corrected chi connectivity index (χ2v) is 6.74. The monoisotopic (exact) mass is 323 g/mol. The van der Waals surface area contributed by atoms with Gasteiger partial charge in [0, 0.05) is 20.1 Å². The molecule has 2 saturated heterocycles. The van der Waals surface area contributed by atoms with Crippen LogP contribution in [0, 0.1) is 0 Å². The second-order valence-electron chi connectivity index (χ2n) is 6.74. The molecule has 0 aromatic carbocycles.